The minimum Gasteiger partial charge on any atom is -0.494 e. The molecule has 1 amide bonds. The van der Waals surface area contributed by atoms with Crippen LogP contribution in [-0.2, 0) is 0 Å². The monoisotopic (exact) mass is 408 g/mol. The minimum absolute atomic E-state index is 0.0861. The Morgan fingerprint density at radius 2 is 1.52 bits per heavy atom. The Morgan fingerprint density at radius 1 is 0.931 bits per heavy atom. The Hall–Kier alpha value is -3.98. The number of carboxylic acids is 1. The Balaban J connectivity index is 1.91. The van der Waals surface area contributed by atoms with Crippen molar-refractivity contribution in [1.29, 1.82) is 0 Å². The molecule has 0 aliphatic carbocycles. The normalized spacial score (nSPS) is 10.9. The molecule has 0 saturated carbocycles. The molecule has 0 fully saturated rings. The number of benzene rings is 2. The van der Waals surface area contributed by atoms with E-state index in [1.807, 2.05) is 0 Å². The summed E-state index contributed by atoms with van der Waals surface area (Å²) >= 11 is 1.04. The van der Waals surface area contributed by atoms with Crippen LogP contribution < -0.4 is 0 Å². The Kier molecular flexibility index (Phi) is 4.36. The van der Waals surface area contributed by atoms with Gasteiger partial charge in [-0.1, -0.05) is 24.3 Å². The number of amides is 1. The van der Waals surface area contributed by atoms with E-state index in [9.17, 15) is 29.8 Å². The first-order chi connectivity index (χ1) is 13.9. The lowest BCUT2D eigenvalue weighted by Crippen LogP contribution is -2.03. The predicted octanol–water partition coefficient (Wildman–Crippen LogP) is 4.38. The van der Waals surface area contributed by atoms with Gasteiger partial charge in [-0.2, -0.15) is 0 Å². The van der Waals surface area contributed by atoms with Crippen molar-refractivity contribution in [2.45, 2.75) is 0 Å². The summed E-state index contributed by atoms with van der Waals surface area (Å²) in [6.07, 6.45) is 0. The third kappa shape index (κ3) is 2.84. The fourth-order valence-corrected chi connectivity index (χ4v) is 4.26. The number of nitrogens with zero attached hydrogens (tertiary/aromatic N) is 2. The average Bonchev–Trinajstić information content (AvgIpc) is 3.27. The molecule has 2 aromatic carbocycles. The van der Waals surface area contributed by atoms with Gasteiger partial charge in [0.1, 0.15) is 10.6 Å². The highest BCUT2D eigenvalue weighted by molar-refractivity contribution is 7.13. The van der Waals surface area contributed by atoms with Gasteiger partial charge in [0.25, 0.3) is 0 Å². The van der Waals surface area contributed by atoms with E-state index in [1.54, 1.807) is 29.6 Å². The van der Waals surface area contributed by atoms with Crippen LogP contribution >= 0.6 is 11.3 Å². The van der Waals surface area contributed by atoms with Crippen molar-refractivity contribution < 1.29 is 24.9 Å². The molecule has 0 aliphatic heterocycles. The molecule has 0 spiro atoms. The van der Waals surface area contributed by atoms with Crippen LogP contribution in [0.15, 0.2) is 59.1 Å². The van der Waals surface area contributed by atoms with E-state index in [0.29, 0.717) is 21.9 Å². The predicted molar refractivity (Wildman–Crippen MR) is 107 cm³/mol. The van der Waals surface area contributed by atoms with Crippen LogP contribution in [0.1, 0.15) is 20.7 Å². The average molecular weight is 408 g/mol. The third-order valence-electron chi connectivity index (χ3n) is 4.55. The number of aromatic carboxylic acids is 1. The molecule has 0 aliphatic rings. The number of hydrogen-bond acceptors (Lipinski definition) is 6. The first-order valence-corrected chi connectivity index (χ1v) is 9.16. The summed E-state index contributed by atoms with van der Waals surface area (Å²) in [7, 11) is 0. The zero-order chi connectivity index (χ0) is 20.7. The molecule has 4 aromatic rings. The van der Waals surface area contributed by atoms with E-state index in [-0.39, 0.29) is 27.9 Å². The topological polar surface area (TPSA) is 129 Å². The van der Waals surface area contributed by atoms with Crippen molar-refractivity contribution in [3.63, 3.8) is 0 Å². The molecule has 0 saturated heterocycles. The summed E-state index contributed by atoms with van der Waals surface area (Å²) in [5.41, 5.74) is 0.798. The van der Waals surface area contributed by atoms with Crippen LogP contribution in [0, 0.1) is 4.91 Å². The third-order valence-corrected chi connectivity index (χ3v) is 5.51. The number of aromatic nitrogens is 1. The van der Waals surface area contributed by atoms with Crippen LogP contribution in [0.4, 0.5) is 0 Å². The molecule has 9 heteroatoms. The summed E-state index contributed by atoms with van der Waals surface area (Å²) < 4.78 is 1.09. The van der Waals surface area contributed by atoms with Crippen LogP contribution in [0.2, 0.25) is 0 Å². The van der Waals surface area contributed by atoms with E-state index in [1.165, 1.54) is 24.3 Å². The zero-order valence-corrected chi connectivity index (χ0v) is 15.4. The Morgan fingerprint density at radius 3 is 2.03 bits per heavy atom. The van der Waals surface area contributed by atoms with E-state index >= 15 is 0 Å². The fourth-order valence-electron chi connectivity index (χ4n) is 3.18. The van der Waals surface area contributed by atoms with Gasteiger partial charge in [-0.25, -0.2) is 9.36 Å². The number of carbonyl (C=O) groups is 2. The van der Waals surface area contributed by atoms with Crippen LogP contribution in [-0.4, -0.2) is 31.8 Å². The second-order valence-electron chi connectivity index (χ2n) is 6.14. The lowest BCUT2D eigenvalue weighted by atomic mass is 10.0. The molecule has 144 valence electrons. The number of aromatic hydroxyl groups is 2. The molecule has 4 rings (SSSR count). The SMILES string of the molecule is O=NC(=O)c1ccc(-c2csc(-n3c(O)c4ccccc4c3O)c2C(=O)O)cc1. The van der Waals surface area contributed by atoms with Gasteiger partial charge in [0.05, 0.1) is 0 Å². The van der Waals surface area contributed by atoms with E-state index < -0.39 is 11.9 Å². The van der Waals surface area contributed by atoms with Crippen molar-refractivity contribution >= 4 is 34.0 Å². The van der Waals surface area contributed by atoms with Gasteiger partial charge in [-0.3, -0.25) is 4.79 Å². The Labute approximate surface area is 166 Å². The fraction of sp³-hybridized carbons (Fsp3) is 0. The van der Waals surface area contributed by atoms with Crippen molar-refractivity contribution in [1.82, 2.24) is 4.57 Å². The highest BCUT2D eigenvalue weighted by atomic mass is 32.1. The smallest absolute Gasteiger partial charge is 0.339 e. The van der Waals surface area contributed by atoms with Crippen molar-refractivity contribution in [3.05, 3.63) is 69.9 Å². The molecular formula is C20H12N2O6S. The molecule has 0 bridgehead atoms. The molecule has 29 heavy (non-hydrogen) atoms. The molecule has 3 N–H and O–H groups in total. The van der Waals surface area contributed by atoms with E-state index in [0.717, 1.165) is 15.9 Å². The highest BCUT2D eigenvalue weighted by Gasteiger charge is 2.26. The first-order valence-electron chi connectivity index (χ1n) is 8.28. The molecular weight excluding hydrogens is 396 g/mol. The van der Waals surface area contributed by atoms with Gasteiger partial charge in [-0.15, -0.1) is 16.2 Å². The quantitative estimate of drug-likeness (QED) is 0.430. The van der Waals surface area contributed by atoms with Gasteiger partial charge in [-0.05, 0) is 29.8 Å². The van der Waals surface area contributed by atoms with Crippen LogP contribution in [0.5, 0.6) is 11.8 Å². The molecule has 2 aromatic heterocycles. The summed E-state index contributed by atoms with van der Waals surface area (Å²) in [5, 5.41) is 35.8. The second kappa shape index (κ2) is 6.88. The molecule has 0 unspecified atom stereocenters. The van der Waals surface area contributed by atoms with Gasteiger partial charge in [0, 0.05) is 32.5 Å². The van der Waals surface area contributed by atoms with E-state index in [4.69, 9.17) is 0 Å². The maximum absolute atomic E-state index is 12.0. The lowest BCUT2D eigenvalue weighted by Gasteiger charge is -2.07. The number of carbonyl (C=O) groups excluding carboxylic acids is 1. The van der Waals surface area contributed by atoms with Crippen molar-refractivity contribution in [2.24, 2.45) is 5.18 Å². The van der Waals surface area contributed by atoms with Gasteiger partial charge < -0.3 is 15.3 Å². The first kappa shape index (κ1) is 18.4. The molecule has 0 atom stereocenters. The standard InChI is InChI=1S/C20H12N2O6S/c23-16(21-28)11-7-5-10(6-8-11)14-9-29-19(15(14)20(26)27)22-17(24)12-3-1-2-4-13(12)18(22)25/h1-9,24-25H,(H,26,27). The van der Waals surface area contributed by atoms with Gasteiger partial charge in [0.2, 0.25) is 11.8 Å². The van der Waals surface area contributed by atoms with E-state index in [2.05, 4.69) is 5.18 Å². The maximum atomic E-state index is 12.0. The van der Waals surface area contributed by atoms with Crippen molar-refractivity contribution in [2.75, 3.05) is 0 Å². The maximum Gasteiger partial charge on any atom is 0.339 e. The van der Waals surface area contributed by atoms with Gasteiger partial charge in [0.15, 0.2) is 0 Å². The molecule has 8 nitrogen and oxygen atoms in total. The highest BCUT2D eigenvalue weighted by Crippen LogP contribution is 2.43. The summed E-state index contributed by atoms with van der Waals surface area (Å²) in [6, 6.07) is 12.4. The molecule has 0 radical (unpaired) electrons. The number of rotatable bonds is 4. The largest absolute Gasteiger partial charge is 0.494 e. The minimum atomic E-state index is -1.25. The van der Waals surface area contributed by atoms with Crippen LogP contribution in [0.25, 0.3) is 26.9 Å². The number of nitroso groups, excluding NO2 is 1. The number of carboxylic acid groups (broad SMARTS) is 1. The summed E-state index contributed by atoms with van der Waals surface area (Å²) in [5.74, 6) is -2.71. The number of hydrogen-bond donors (Lipinski definition) is 3. The zero-order valence-electron chi connectivity index (χ0n) is 14.6. The Bertz CT molecular complexity index is 1250. The second-order valence-corrected chi connectivity index (χ2v) is 6.99. The lowest BCUT2D eigenvalue weighted by molar-refractivity contribution is 0.0698. The summed E-state index contributed by atoms with van der Waals surface area (Å²) in [6.45, 7) is 0. The number of thiophene rings is 1. The molecule has 2 heterocycles. The van der Waals surface area contributed by atoms with Gasteiger partial charge >= 0.3 is 11.9 Å². The van der Waals surface area contributed by atoms with Crippen LogP contribution in [0.3, 0.4) is 0 Å². The number of fused-ring (bicyclic) bond motifs is 1. The summed E-state index contributed by atoms with van der Waals surface area (Å²) in [4.78, 5) is 33.8. The van der Waals surface area contributed by atoms with Crippen molar-refractivity contribution in [3.8, 4) is 27.9 Å².